The molecule has 0 spiro atoms. The molecule has 76 valence electrons. The van der Waals surface area contributed by atoms with Crippen molar-refractivity contribution in [1.29, 1.82) is 0 Å². The molecule has 0 saturated heterocycles. The molecule has 0 aromatic rings. The van der Waals surface area contributed by atoms with Gasteiger partial charge in [-0.3, -0.25) is 0 Å². The van der Waals surface area contributed by atoms with Gasteiger partial charge in [0.1, 0.15) is 0 Å². The maximum absolute atomic E-state index is 2.38. The number of hydrogen-bond acceptors (Lipinski definition) is 0. The largest absolute Gasteiger partial charge is 0.0683 e. The highest BCUT2D eigenvalue weighted by Gasteiger charge is 1.98. The molecule has 0 amide bonds. The summed E-state index contributed by atoms with van der Waals surface area (Å²) in [6, 6.07) is 0. The Morgan fingerprint density at radius 3 is 1.42 bits per heavy atom. The summed E-state index contributed by atoms with van der Waals surface area (Å²) in [6.07, 6.45) is 8.44. The van der Waals surface area contributed by atoms with E-state index in [1.54, 1.807) is 0 Å². The summed E-state index contributed by atoms with van der Waals surface area (Å²) in [7, 11) is 0. The third kappa shape index (κ3) is 12.7. The molecule has 0 rings (SSSR count). The highest BCUT2D eigenvalue weighted by molar-refractivity contribution is 4.52. The van der Waals surface area contributed by atoms with Gasteiger partial charge in [-0.05, 0) is 5.92 Å². The lowest BCUT2D eigenvalue weighted by atomic mass is 9.98. The molecular weight excluding hydrogens is 144 g/mol. The van der Waals surface area contributed by atoms with Crippen LogP contribution in [-0.2, 0) is 0 Å². The molecule has 12 heavy (non-hydrogen) atoms. The predicted molar refractivity (Wildman–Crippen MR) is 59.6 cm³/mol. The van der Waals surface area contributed by atoms with Crippen molar-refractivity contribution in [3.8, 4) is 0 Å². The van der Waals surface area contributed by atoms with E-state index in [1.807, 2.05) is 13.8 Å². The fraction of sp³-hybridized carbons (Fsp3) is 1.00. The molecule has 0 aliphatic heterocycles. The Hall–Kier alpha value is 0. The molecule has 0 aromatic carbocycles. The zero-order valence-corrected chi connectivity index (χ0v) is 9.82. The quantitative estimate of drug-likeness (QED) is 0.527. The summed E-state index contributed by atoms with van der Waals surface area (Å²) >= 11 is 0. The van der Waals surface area contributed by atoms with E-state index in [9.17, 15) is 0 Å². The molecule has 0 bridgehead atoms. The van der Waals surface area contributed by atoms with Gasteiger partial charge in [0.25, 0.3) is 0 Å². The molecule has 0 N–H and O–H groups in total. The van der Waals surface area contributed by atoms with Gasteiger partial charge in [-0.1, -0.05) is 73.1 Å². The maximum Gasteiger partial charge on any atom is -0.0443 e. The zero-order chi connectivity index (χ0) is 9.82. The third-order valence-corrected chi connectivity index (χ3v) is 2.10. The molecule has 0 atom stereocenters. The Balaban J connectivity index is 0. The Kier molecular flexibility index (Phi) is 16.4. The summed E-state index contributed by atoms with van der Waals surface area (Å²) in [6.45, 7) is 10.9. The molecule has 0 heterocycles. The Morgan fingerprint density at radius 2 is 1.17 bits per heavy atom. The minimum absolute atomic E-state index is 0.972. The Bertz CT molecular complexity index is 49.1. The lowest BCUT2D eigenvalue weighted by Crippen LogP contribution is -1.93. The summed E-state index contributed by atoms with van der Waals surface area (Å²) < 4.78 is 0. The molecule has 0 heteroatoms. The molecular formula is C12H28. The van der Waals surface area contributed by atoms with Crippen LogP contribution in [0.5, 0.6) is 0 Å². The van der Waals surface area contributed by atoms with E-state index in [1.165, 1.54) is 38.5 Å². The van der Waals surface area contributed by atoms with E-state index in [-0.39, 0.29) is 0 Å². The van der Waals surface area contributed by atoms with Crippen molar-refractivity contribution in [3.05, 3.63) is 0 Å². The number of rotatable bonds is 6. The van der Waals surface area contributed by atoms with Crippen LogP contribution in [-0.4, -0.2) is 0 Å². The van der Waals surface area contributed by atoms with Crippen molar-refractivity contribution >= 4 is 0 Å². The summed E-state index contributed by atoms with van der Waals surface area (Å²) in [5.41, 5.74) is 0. The van der Waals surface area contributed by atoms with Crippen LogP contribution in [0.4, 0.5) is 0 Å². The van der Waals surface area contributed by atoms with E-state index < -0.39 is 0 Å². The van der Waals surface area contributed by atoms with E-state index in [4.69, 9.17) is 0 Å². The fourth-order valence-corrected chi connectivity index (χ4v) is 1.25. The first-order valence-corrected chi connectivity index (χ1v) is 5.81. The van der Waals surface area contributed by atoms with Crippen molar-refractivity contribution < 1.29 is 0 Å². The van der Waals surface area contributed by atoms with Crippen LogP contribution in [0.2, 0.25) is 0 Å². The Morgan fingerprint density at radius 1 is 0.833 bits per heavy atom. The summed E-state index contributed by atoms with van der Waals surface area (Å²) in [5, 5.41) is 0. The second-order valence-corrected chi connectivity index (χ2v) is 3.39. The minimum atomic E-state index is 0.972. The molecule has 0 aromatic heterocycles. The van der Waals surface area contributed by atoms with Gasteiger partial charge in [0.15, 0.2) is 0 Å². The van der Waals surface area contributed by atoms with Crippen molar-refractivity contribution in [1.82, 2.24) is 0 Å². The molecule has 0 aliphatic carbocycles. The molecule has 0 aliphatic rings. The van der Waals surface area contributed by atoms with Gasteiger partial charge < -0.3 is 0 Å². The van der Waals surface area contributed by atoms with Crippen LogP contribution in [0.1, 0.15) is 73.1 Å². The van der Waals surface area contributed by atoms with Gasteiger partial charge in [0, 0.05) is 0 Å². The van der Waals surface area contributed by atoms with Gasteiger partial charge in [-0.25, -0.2) is 0 Å². The molecule has 0 fully saturated rings. The summed E-state index contributed by atoms with van der Waals surface area (Å²) in [5.74, 6) is 0.972. The van der Waals surface area contributed by atoms with E-state index in [0.29, 0.717) is 0 Å². The fourth-order valence-electron chi connectivity index (χ4n) is 1.25. The van der Waals surface area contributed by atoms with E-state index >= 15 is 0 Å². The van der Waals surface area contributed by atoms with Crippen LogP contribution >= 0.6 is 0 Å². The third-order valence-electron chi connectivity index (χ3n) is 2.10. The lowest BCUT2D eigenvalue weighted by molar-refractivity contribution is 0.454. The smallest absolute Gasteiger partial charge is 0.0443 e. The molecule has 0 saturated carbocycles. The van der Waals surface area contributed by atoms with Crippen LogP contribution < -0.4 is 0 Å². The van der Waals surface area contributed by atoms with Crippen molar-refractivity contribution in [2.75, 3.05) is 0 Å². The maximum atomic E-state index is 2.38. The molecule has 0 nitrogen and oxygen atoms in total. The van der Waals surface area contributed by atoms with E-state index in [2.05, 4.69) is 20.8 Å². The number of unbranched alkanes of at least 4 members (excludes halogenated alkanes) is 2. The predicted octanol–water partition coefficient (Wildman–Crippen LogP) is 5.03. The van der Waals surface area contributed by atoms with Crippen LogP contribution in [0, 0.1) is 5.92 Å². The minimum Gasteiger partial charge on any atom is -0.0683 e. The monoisotopic (exact) mass is 172 g/mol. The average molecular weight is 172 g/mol. The van der Waals surface area contributed by atoms with E-state index in [0.717, 1.165) is 5.92 Å². The van der Waals surface area contributed by atoms with Gasteiger partial charge in [0.05, 0.1) is 0 Å². The van der Waals surface area contributed by atoms with Crippen LogP contribution in [0.25, 0.3) is 0 Å². The standard InChI is InChI=1S/C10H22.C2H6/c1-4-6-8-10(3)9-7-5-2;1-2/h10H,4-9H2,1-3H3;1-2H3. The highest BCUT2D eigenvalue weighted by Crippen LogP contribution is 2.14. The van der Waals surface area contributed by atoms with Crippen molar-refractivity contribution in [3.63, 3.8) is 0 Å². The zero-order valence-electron chi connectivity index (χ0n) is 9.82. The normalized spacial score (nSPS) is 9.50. The van der Waals surface area contributed by atoms with Crippen LogP contribution in [0.3, 0.4) is 0 Å². The van der Waals surface area contributed by atoms with Crippen molar-refractivity contribution in [2.45, 2.75) is 73.1 Å². The van der Waals surface area contributed by atoms with Crippen LogP contribution in [0.15, 0.2) is 0 Å². The van der Waals surface area contributed by atoms with Crippen molar-refractivity contribution in [2.24, 2.45) is 5.92 Å². The Labute approximate surface area is 79.8 Å². The second kappa shape index (κ2) is 13.6. The molecule has 0 unspecified atom stereocenters. The van der Waals surface area contributed by atoms with Gasteiger partial charge in [-0.15, -0.1) is 0 Å². The SMILES string of the molecule is CC.CCCCC(C)CCCC. The first-order chi connectivity index (χ1) is 5.81. The highest BCUT2D eigenvalue weighted by atomic mass is 14.0. The average Bonchev–Trinajstić information content (AvgIpc) is 2.14. The van der Waals surface area contributed by atoms with Gasteiger partial charge in [-0.2, -0.15) is 0 Å². The topological polar surface area (TPSA) is 0 Å². The second-order valence-electron chi connectivity index (χ2n) is 3.39. The molecule has 0 radical (unpaired) electrons. The first-order valence-electron chi connectivity index (χ1n) is 5.81. The van der Waals surface area contributed by atoms with Gasteiger partial charge >= 0.3 is 0 Å². The number of hydrogen-bond donors (Lipinski definition) is 0. The first kappa shape index (κ1) is 14.5. The van der Waals surface area contributed by atoms with Gasteiger partial charge in [0.2, 0.25) is 0 Å². The lowest BCUT2D eigenvalue weighted by Gasteiger charge is -2.08. The summed E-state index contributed by atoms with van der Waals surface area (Å²) in [4.78, 5) is 0.